The average molecular weight is 706 g/mol. The van der Waals surface area contributed by atoms with Crippen LogP contribution in [-0.2, 0) is 21.6 Å². The topological polar surface area (TPSA) is 75.7 Å². The highest BCUT2D eigenvalue weighted by Gasteiger charge is 2.35. The van der Waals surface area contributed by atoms with Gasteiger partial charge in [-0.1, -0.05) is 83.7 Å². The van der Waals surface area contributed by atoms with Crippen molar-refractivity contribution in [3.05, 3.63) is 57.7 Å². The van der Waals surface area contributed by atoms with Gasteiger partial charge in [-0.2, -0.15) is 8.42 Å². The number of hydrogen-bond donors (Lipinski definition) is 1. The molecule has 2 aromatic carbocycles. The van der Waals surface area contributed by atoms with Gasteiger partial charge in [-0.15, -0.1) is 0 Å². The Morgan fingerprint density at radius 2 is 1.37 bits per heavy atom. The van der Waals surface area contributed by atoms with Gasteiger partial charge in [0.2, 0.25) is 0 Å². The normalized spacial score (nSPS) is 14.1. The number of ether oxygens (including phenoxy) is 1. The lowest BCUT2D eigenvalue weighted by Gasteiger charge is -2.39. The minimum Gasteiger partial charge on any atom is -1.00 e. The Hall–Kier alpha value is -1.92. The van der Waals surface area contributed by atoms with Gasteiger partial charge in [0, 0.05) is 3.57 Å². The molecular formula is C31H49FIN3O4S. The SMILES string of the molecule is CCCC[N+](CCCC)(CCCC)CCCC.O=C1CN(c2ccc(I)cc2OCc2ccccc2)S(=O)(=O)N1.[F-]. The fourth-order valence-corrected chi connectivity index (χ4v) is 6.47. The molecule has 1 saturated heterocycles. The van der Waals surface area contributed by atoms with E-state index in [0.717, 1.165) is 13.4 Å². The third-order valence-electron chi connectivity index (χ3n) is 7.19. The molecular weight excluding hydrogens is 656 g/mol. The number of unbranched alkanes of at least 4 members (excludes halogenated alkanes) is 4. The van der Waals surface area contributed by atoms with Crippen molar-refractivity contribution in [2.75, 3.05) is 37.0 Å². The highest BCUT2D eigenvalue weighted by Crippen LogP contribution is 2.33. The van der Waals surface area contributed by atoms with E-state index in [1.54, 1.807) is 18.2 Å². The van der Waals surface area contributed by atoms with E-state index in [1.807, 2.05) is 35.1 Å². The summed E-state index contributed by atoms with van der Waals surface area (Å²) in [6, 6.07) is 14.7. The number of anilines is 1. The van der Waals surface area contributed by atoms with Crippen molar-refractivity contribution in [2.45, 2.75) is 85.7 Å². The van der Waals surface area contributed by atoms with Crippen LogP contribution < -0.4 is 18.5 Å². The molecule has 10 heteroatoms. The summed E-state index contributed by atoms with van der Waals surface area (Å²) < 4.78 is 35.1. The molecule has 0 saturated carbocycles. The molecule has 0 radical (unpaired) electrons. The first-order valence-electron chi connectivity index (χ1n) is 14.8. The Morgan fingerprint density at radius 1 is 0.854 bits per heavy atom. The Balaban J connectivity index is 0.000000421. The van der Waals surface area contributed by atoms with E-state index in [-0.39, 0.29) is 11.2 Å². The average Bonchev–Trinajstić information content (AvgIpc) is 3.23. The van der Waals surface area contributed by atoms with Gasteiger partial charge in [-0.05, 0) is 72.0 Å². The highest BCUT2D eigenvalue weighted by molar-refractivity contribution is 14.1. The molecule has 1 aliphatic heterocycles. The zero-order chi connectivity index (χ0) is 29.4. The summed E-state index contributed by atoms with van der Waals surface area (Å²) in [7, 11) is -3.86. The van der Waals surface area contributed by atoms with E-state index >= 15 is 0 Å². The van der Waals surface area contributed by atoms with Crippen molar-refractivity contribution in [3.8, 4) is 5.75 Å². The molecule has 0 atom stereocenters. The number of hydrogen-bond acceptors (Lipinski definition) is 4. The Kier molecular flexibility index (Phi) is 17.5. The molecule has 0 aliphatic carbocycles. The molecule has 41 heavy (non-hydrogen) atoms. The second-order valence-electron chi connectivity index (χ2n) is 10.6. The Labute approximate surface area is 261 Å². The van der Waals surface area contributed by atoms with Crippen LogP contribution in [0, 0.1) is 3.57 Å². The van der Waals surface area contributed by atoms with Crippen molar-refractivity contribution in [1.82, 2.24) is 4.72 Å². The molecule has 0 aromatic heterocycles. The van der Waals surface area contributed by atoms with E-state index < -0.39 is 16.1 Å². The van der Waals surface area contributed by atoms with Gasteiger partial charge < -0.3 is 13.9 Å². The van der Waals surface area contributed by atoms with Crippen LogP contribution in [0.25, 0.3) is 0 Å². The molecule has 0 unspecified atom stereocenters. The van der Waals surface area contributed by atoms with Gasteiger partial charge in [0.05, 0.1) is 31.9 Å². The molecule has 2 aromatic rings. The fraction of sp³-hybridized carbons (Fsp3) is 0.581. The van der Waals surface area contributed by atoms with Crippen LogP contribution in [0.4, 0.5) is 5.69 Å². The van der Waals surface area contributed by atoms with E-state index in [1.165, 1.54) is 82.0 Å². The van der Waals surface area contributed by atoms with Crippen molar-refractivity contribution >= 4 is 44.4 Å². The van der Waals surface area contributed by atoms with Crippen LogP contribution in [0.2, 0.25) is 0 Å². The van der Waals surface area contributed by atoms with Gasteiger partial charge in [0.25, 0.3) is 5.91 Å². The number of carbonyl (C=O) groups is 1. The molecule has 7 nitrogen and oxygen atoms in total. The summed E-state index contributed by atoms with van der Waals surface area (Å²) in [5.41, 5.74) is 1.32. The number of nitrogens with one attached hydrogen (secondary N) is 1. The van der Waals surface area contributed by atoms with Crippen LogP contribution in [0.5, 0.6) is 5.75 Å². The summed E-state index contributed by atoms with van der Waals surface area (Å²) in [6.07, 6.45) is 11.1. The molecule has 0 bridgehead atoms. The predicted octanol–water partition coefficient (Wildman–Crippen LogP) is 4.06. The monoisotopic (exact) mass is 705 g/mol. The second kappa shape index (κ2) is 19.3. The lowest BCUT2D eigenvalue weighted by atomic mass is 10.1. The largest absolute Gasteiger partial charge is 1.00 e. The zero-order valence-corrected chi connectivity index (χ0v) is 28.2. The summed E-state index contributed by atoms with van der Waals surface area (Å²) in [5.74, 6) is -0.140. The summed E-state index contributed by atoms with van der Waals surface area (Å²) >= 11 is 2.12. The fourth-order valence-electron chi connectivity index (χ4n) is 4.85. The zero-order valence-electron chi connectivity index (χ0n) is 25.2. The van der Waals surface area contributed by atoms with Gasteiger partial charge in [-0.3, -0.25) is 4.79 Å². The maximum absolute atomic E-state index is 12.0. The molecule has 1 fully saturated rings. The number of halogens is 2. The minimum absolute atomic E-state index is 0. The first kappa shape index (κ1) is 37.1. The molecule has 1 aliphatic rings. The summed E-state index contributed by atoms with van der Waals surface area (Å²) in [6.45, 7) is 15.1. The van der Waals surface area contributed by atoms with Gasteiger partial charge in [-0.25, -0.2) is 9.03 Å². The second-order valence-corrected chi connectivity index (χ2v) is 13.4. The molecule has 3 rings (SSSR count). The standard InChI is InChI=1S/C16H36N.C15H13IN2O4S.FH/c1-5-9-13-17(14-10-6-2,15-11-7-3)16-12-8-4;16-12-6-7-13(18-9-15(19)17-23(18,20)21)14(8-12)22-10-11-4-2-1-3-5-11;/h5-16H2,1-4H3;1-8H,9-10H2,(H,17,19);1H/q+1;;/p-1. The van der Waals surface area contributed by atoms with Crippen molar-refractivity contribution in [3.63, 3.8) is 0 Å². The highest BCUT2D eigenvalue weighted by atomic mass is 127. The van der Waals surface area contributed by atoms with Crippen LogP contribution in [-0.4, -0.2) is 51.5 Å². The van der Waals surface area contributed by atoms with Crippen molar-refractivity contribution in [1.29, 1.82) is 0 Å². The number of rotatable bonds is 16. The molecule has 1 N–H and O–H groups in total. The van der Waals surface area contributed by atoms with Crippen LogP contribution in [0.15, 0.2) is 48.5 Å². The number of amides is 1. The molecule has 0 spiro atoms. The number of quaternary nitrogens is 1. The van der Waals surface area contributed by atoms with Crippen molar-refractivity contribution < 1.29 is 27.1 Å². The predicted molar refractivity (Wildman–Crippen MR) is 174 cm³/mol. The Bertz CT molecular complexity index is 1100. The minimum atomic E-state index is -3.86. The van der Waals surface area contributed by atoms with Gasteiger partial charge >= 0.3 is 10.2 Å². The third kappa shape index (κ3) is 12.5. The first-order valence-corrected chi connectivity index (χ1v) is 17.4. The first-order chi connectivity index (χ1) is 19.2. The number of nitrogens with zero attached hydrogens (tertiary/aromatic N) is 2. The molecule has 232 valence electrons. The smallest absolute Gasteiger partial charge is 0.326 e. The summed E-state index contributed by atoms with van der Waals surface area (Å²) in [4.78, 5) is 11.4. The lowest BCUT2D eigenvalue weighted by molar-refractivity contribution is -0.929. The van der Waals surface area contributed by atoms with E-state index in [2.05, 4.69) is 50.3 Å². The molecule has 1 heterocycles. The van der Waals surface area contributed by atoms with Crippen LogP contribution >= 0.6 is 22.6 Å². The van der Waals surface area contributed by atoms with Gasteiger partial charge in [0.15, 0.2) is 0 Å². The maximum Gasteiger partial charge on any atom is 0.326 e. The lowest BCUT2D eigenvalue weighted by Crippen LogP contribution is -3.00. The van der Waals surface area contributed by atoms with Gasteiger partial charge in [0.1, 0.15) is 18.9 Å². The van der Waals surface area contributed by atoms with Crippen LogP contribution in [0.3, 0.4) is 0 Å². The number of carbonyl (C=O) groups excluding carboxylic acids is 1. The van der Waals surface area contributed by atoms with Crippen LogP contribution in [0.1, 0.15) is 84.6 Å². The molecule has 1 amide bonds. The van der Waals surface area contributed by atoms with E-state index in [0.29, 0.717) is 18.0 Å². The Morgan fingerprint density at radius 3 is 1.80 bits per heavy atom. The van der Waals surface area contributed by atoms with E-state index in [9.17, 15) is 13.2 Å². The van der Waals surface area contributed by atoms with Crippen molar-refractivity contribution in [2.24, 2.45) is 0 Å². The van der Waals surface area contributed by atoms with E-state index in [4.69, 9.17) is 4.74 Å². The number of benzene rings is 2. The maximum atomic E-state index is 12.0. The third-order valence-corrected chi connectivity index (χ3v) is 9.25. The quantitative estimate of drug-likeness (QED) is 0.211. The summed E-state index contributed by atoms with van der Waals surface area (Å²) in [5, 5.41) is 0.